The second-order valence-electron chi connectivity index (χ2n) is 4.57. The van der Waals surface area contributed by atoms with E-state index in [1.807, 2.05) is 31.2 Å². The standard InChI is InChI=1S/C13H19NO3/c1-13(9-14,8-12(15)16)7-10-5-3-4-6-11(10)17-2/h3-6H,7-9,14H2,1-2H3,(H,15,16). The van der Waals surface area contributed by atoms with E-state index in [0.717, 1.165) is 11.3 Å². The zero-order valence-corrected chi connectivity index (χ0v) is 10.3. The summed E-state index contributed by atoms with van der Waals surface area (Å²) in [7, 11) is 1.61. The average Bonchev–Trinajstić information content (AvgIpc) is 2.28. The Morgan fingerprint density at radius 3 is 2.65 bits per heavy atom. The molecule has 0 amide bonds. The van der Waals surface area contributed by atoms with E-state index in [-0.39, 0.29) is 6.42 Å². The number of aliphatic carboxylic acids is 1. The van der Waals surface area contributed by atoms with Crippen LogP contribution in [0.2, 0.25) is 0 Å². The lowest BCUT2D eigenvalue weighted by Gasteiger charge is -2.26. The van der Waals surface area contributed by atoms with Crippen molar-refractivity contribution in [3.63, 3.8) is 0 Å². The summed E-state index contributed by atoms with van der Waals surface area (Å²) in [6, 6.07) is 7.61. The Hall–Kier alpha value is -1.55. The fraction of sp³-hybridized carbons (Fsp3) is 0.462. The Morgan fingerprint density at radius 2 is 2.12 bits per heavy atom. The minimum Gasteiger partial charge on any atom is -0.496 e. The molecule has 1 aromatic carbocycles. The van der Waals surface area contributed by atoms with E-state index < -0.39 is 11.4 Å². The van der Waals surface area contributed by atoms with E-state index >= 15 is 0 Å². The summed E-state index contributed by atoms with van der Waals surface area (Å²) in [6.07, 6.45) is 0.654. The summed E-state index contributed by atoms with van der Waals surface area (Å²) in [4.78, 5) is 10.8. The van der Waals surface area contributed by atoms with Gasteiger partial charge in [0.15, 0.2) is 0 Å². The van der Waals surface area contributed by atoms with Gasteiger partial charge in [-0.1, -0.05) is 25.1 Å². The van der Waals surface area contributed by atoms with Crippen molar-refractivity contribution in [2.75, 3.05) is 13.7 Å². The number of para-hydroxylation sites is 1. The second-order valence-corrected chi connectivity index (χ2v) is 4.57. The first-order valence-corrected chi connectivity index (χ1v) is 5.54. The fourth-order valence-electron chi connectivity index (χ4n) is 1.88. The molecule has 0 bridgehead atoms. The van der Waals surface area contributed by atoms with Crippen molar-refractivity contribution in [1.29, 1.82) is 0 Å². The van der Waals surface area contributed by atoms with Gasteiger partial charge < -0.3 is 15.6 Å². The number of hydrogen-bond donors (Lipinski definition) is 2. The van der Waals surface area contributed by atoms with Crippen molar-refractivity contribution in [2.45, 2.75) is 19.8 Å². The van der Waals surface area contributed by atoms with E-state index in [4.69, 9.17) is 15.6 Å². The molecule has 0 spiro atoms. The van der Waals surface area contributed by atoms with Crippen LogP contribution in [-0.2, 0) is 11.2 Å². The lowest BCUT2D eigenvalue weighted by molar-refractivity contribution is -0.139. The highest BCUT2D eigenvalue weighted by molar-refractivity contribution is 5.67. The molecule has 17 heavy (non-hydrogen) atoms. The molecule has 0 radical (unpaired) electrons. The Morgan fingerprint density at radius 1 is 1.47 bits per heavy atom. The summed E-state index contributed by atoms with van der Waals surface area (Å²) < 4.78 is 5.25. The highest BCUT2D eigenvalue weighted by atomic mass is 16.5. The topological polar surface area (TPSA) is 72.5 Å². The van der Waals surface area contributed by atoms with E-state index in [2.05, 4.69) is 0 Å². The number of nitrogens with two attached hydrogens (primary N) is 1. The van der Waals surface area contributed by atoms with Gasteiger partial charge in [0.1, 0.15) is 5.75 Å². The zero-order chi connectivity index (χ0) is 12.9. The molecule has 0 saturated carbocycles. The van der Waals surface area contributed by atoms with Crippen LogP contribution in [0.5, 0.6) is 5.75 Å². The second kappa shape index (κ2) is 5.68. The van der Waals surface area contributed by atoms with E-state index in [1.165, 1.54) is 0 Å². The lowest BCUT2D eigenvalue weighted by atomic mass is 9.80. The molecule has 0 aromatic heterocycles. The Bertz CT molecular complexity index is 392. The maximum Gasteiger partial charge on any atom is 0.303 e. The Kier molecular flexibility index (Phi) is 4.52. The molecule has 0 fully saturated rings. The minimum atomic E-state index is -0.826. The fourth-order valence-corrected chi connectivity index (χ4v) is 1.88. The molecule has 4 heteroatoms. The number of rotatable bonds is 6. The van der Waals surface area contributed by atoms with Gasteiger partial charge in [0.25, 0.3) is 0 Å². The van der Waals surface area contributed by atoms with Crippen molar-refractivity contribution in [3.05, 3.63) is 29.8 Å². The monoisotopic (exact) mass is 237 g/mol. The number of methoxy groups -OCH3 is 1. The first-order valence-electron chi connectivity index (χ1n) is 5.54. The molecule has 4 nitrogen and oxygen atoms in total. The maximum atomic E-state index is 10.8. The molecule has 1 aromatic rings. The van der Waals surface area contributed by atoms with Crippen LogP contribution in [0, 0.1) is 5.41 Å². The van der Waals surface area contributed by atoms with Gasteiger partial charge in [0.2, 0.25) is 0 Å². The van der Waals surface area contributed by atoms with Crippen LogP contribution in [0.15, 0.2) is 24.3 Å². The summed E-state index contributed by atoms with van der Waals surface area (Å²) in [5.74, 6) is -0.0505. The van der Waals surface area contributed by atoms with Gasteiger partial charge in [-0.15, -0.1) is 0 Å². The Labute approximate surface area is 101 Å². The maximum absolute atomic E-state index is 10.8. The molecule has 1 atom stereocenters. The third-order valence-corrected chi connectivity index (χ3v) is 2.88. The van der Waals surface area contributed by atoms with Gasteiger partial charge in [0.05, 0.1) is 13.5 Å². The molecule has 0 aliphatic heterocycles. The van der Waals surface area contributed by atoms with Crippen molar-refractivity contribution in [1.82, 2.24) is 0 Å². The van der Waals surface area contributed by atoms with Crippen LogP contribution >= 0.6 is 0 Å². The van der Waals surface area contributed by atoms with Gasteiger partial charge in [-0.2, -0.15) is 0 Å². The van der Waals surface area contributed by atoms with Crippen molar-refractivity contribution in [2.24, 2.45) is 11.1 Å². The summed E-state index contributed by atoms with van der Waals surface area (Å²) in [5, 5.41) is 8.90. The average molecular weight is 237 g/mol. The van der Waals surface area contributed by atoms with Crippen LogP contribution in [0.25, 0.3) is 0 Å². The highest BCUT2D eigenvalue weighted by Gasteiger charge is 2.27. The number of carboxylic acid groups (broad SMARTS) is 1. The lowest BCUT2D eigenvalue weighted by Crippen LogP contribution is -2.32. The van der Waals surface area contributed by atoms with Gasteiger partial charge in [-0.25, -0.2) is 0 Å². The molecule has 0 aliphatic carbocycles. The first-order chi connectivity index (χ1) is 8.00. The molecular weight excluding hydrogens is 218 g/mol. The van der Waals surface area contributed by atoms with Gasteiger partial charge in [-0.3, -0.25) is 4.79 Å². The number of carboxylic acids is 1. The molecule has 94 valence electrons. The van der Waals surface area contributed by atoms with Crippen molar-refractivity contribution < 1.29 is 14.6 Å². The number of hydrogen-bond acceptors (Lipinski definition) is 3. The van der Waals surface area contributed by atoms with Gasteiger partial charge in [-0.05, 0) is 30.0 Å². The first kappa shape index (κ1) is 13.5. The quantitative estimate of drug-likeness (QED) is 0.789. The summed E-state index contributed by atoms with van der Waals surface area (Å²) in [5.41, 5.74) is 6.24. The molecular formula is C13H19NO3. The third-order valence-electron chi connectivity index (χ3n) is 2.88. The smallest absolute Gasteiger partial charge is 0.303 e. The Balaban J connectivity index is 2.90. The number of carbonyl (C=O) groups is 1. The van der Waals surface area contributed by atoms with Crippen LogP contribution in [-0.4, -0.2) is 24.7 Å². The number of benzene rings is 1. The van der Waals surface area contributed by atoms with E-state index in [1.54, 1.807) is 7.11 Å². The highest BCUT2D eigenvalue weighted by Crippen LogP contribution is 2.29. The molecule has 1 unspecified atom stereocenters. The summed E-state index contributed by atoms with van der Waals surface area (Å²) >= 11 is 0. The molecule has 1 rings (SSSR count). The zero-order valence-electron chi connectivity index (χ0n) is 10.3. The van der Waals surface area contributed by atoms with Gasteiger partial charge >= 0.3 is 5.97 Å². The predicted molar refractivity (Wildman–Crippen MR) is 66.1 cm³/mol. The van der Waals surface area contributed by atoms with Crippen LogP contribution < -0.4 is 10.5 Å². The van der Waals surface area contributed by atoms with Crippen molar-refractivity contribution in [3.8, 4) is 5.75 Å². The van der Waals surface area contributed by atoms with E-state index in [9.17, 15) is 4.79 Å². The van der Waals surface area contributed by atoms with Gasteiger partial charge in [0, 0.05) is 0 Å². The van der Waals surface area contributed by atoms with Crippen LogP contribution in [0.1, 0.15) is 18.9 Å². The van der Waals surface area contributed by atoms with Crippen molar-refractivity contribution >= 4 is 5.97 Å². The molecule has 0 saturated heterocycles. The van der Waals surface area contributed by atoms with Crippen LogP contribution in [0.4, 0.5) is 0 Å². The predicted octanol–water partition coefficient (Wildman–Crippen LogP) is 1.68. The molecule has 3 N–H and O–H groups in total. The SMILES string of the molecule is COc1ccccc1CC(C)(CN)CC(=O)O. The third kappa shape index (κ3) is 3.75. The van der Waals surface area contributed by atoms with Crippen LogP contribution in [0.3, 0.4) is 0 Å². The molecule has 0 heterocycles. The van der Waals surface area contributed by atoms with E-state index in [0.29, 0.717) is 13.0 Å². The normalized spacial score (nSPS) is 14.1. The summed E-state index contributed by atoms with van der Waals surface area (Å²) in [6.45, 7) is 2.21. The molecule has 0 aliphatic rings. The minimum absolute atomic E-state index is 0.0571. The largest absolute Gasteiger partial charge is 0.496 e. The number of ether oxygens (including phenoxy) is 1.